The van der Waals surface area contributed by atoms with Gasteiger partial charge in [0, 0.05) is 0 Å². The molecule has 0 saturated heterocycles. The van der Waals surface area contributed by atoms with Crippen LogP contribution >= 0.6 is 0 Å². The van der Waals surface area contributed by atoms with Gasteiger partial charge in [0.1, 0.15) is 0 Å². The van der Waals surface area contributed by atoms with Crippen LogP contribution in [0, 0.1) is 0 Å². The highest BCUT2D eigenvalue weighted by Gasteiger charge is 2.13. The lowest BCUT2D eigenvalue weighted by Crippen LogP contribution is -2.12. The number of hydrogen-bond donors (Lipinski definition) is 1. The van der Waals surface area contributed by atoms with Crippen molar-refractivity contribution in [2.45, 2.75) is 32.7 Å². The lowest BCUT2D eigenvalue weighted by molar-refractivity contribution is 0.590. The minimum Gasteiger partial charge on any atom is -0.324 e. The zero-order valence-electron chi connectivity index (χ0n) is 10.4. The van der Waals surface area contributed by atoms with Crippen LogP contribution in [0.15, 0.2) is 24.3 Å². The van der Waals surface area contributed by atoms with E-state index in [1.54, 1.807) is 4.68 Å². The van der Waals surface area contributed by atoms with Crippen LogP contribution in [0.25, 0.3) is 5.69 Å². The summed E-state index contributed by atoms with van der Waals surface area (Å²) in [6.07, 6.45) is 0. The molecule has 0 spiro atoms. The Balaban J connectivity index is 2.36. The van der Waals surface area contributed by atoms with E-state index >= 15 is 0 Å². The summed E-state index contributed by atoms with van der Waals surface area (Å²) in [5, 5.41) is 11.4. The molecule has 5 nitrogen and oxygen atoms in total. The molecule has 0 bridgehead atoms. The first-order valence-electron chi connectivity index (χ1n) is 5.60. The van der Waals surface area contributed by atoms with Gasteiger partial charge in [0.05, 0.1) is 12.2 Å². The molecule has 0 aliphatic rings. The molecule has 0 aliphatic carbocycles. The van der Waals surface area contributed by atoms with Gasteiger partial charge in [-0.15, -0.1) is 5.10 Å². The molecule has 0 fully saturated rings. The van der Waals surface area contributed by atoms with Gasteiger partial charge in [-0.25, -0.2) is 0 Å². The van der Waals surface area contributed by atoms with Crippen molar-refractivity contribution in [1.29, 1.82) is 0 Å². The van der Waals surface area contributed by atoms with Crippen molar-refractivity contribution in [3.05, 3.63) is 35.7 Å². The first-order valence-corrected chi connectivity index (χ1v) is 5.60. The average molecular weight is 231 g/mol. The predicted molar refractivity (Wildman–Crippen MR) is 65.7 cm³/mol. The third-order valence-corrected chi connectivity index (χ3v) is 2.69. The van der Waals surface area contributed by atoms with Crippen LogP contribution in [0.4, 0.5) is 0 Å². The number of hydrogen-bond acceptors (Lipinski definition) is 4. The maximum Gasteiger partial charge on any atom is 0.170 e. The Morgan fingerprint density at radius 1 is 1.18 bits per heavy atom. The van der Waals surface area contributed by atoms with Crippen molar-refractivity contribution in [2.75, 3.05) is 0 Å². The van der Waals surface area contributed by atoms with Crippen LogP contribution in [0.3, 0.4) is 0 Å². The molecule has 17 heavy (non-hydrogen) atoms. The van der Waals surface area contributed by atoms with E-state index in [0.29, 0.717) is 12.4 Å². The first-order chi connectivity index (χ1) is 8.02. The second-order valence-electron chi connectivity index (χ2n) is 5.01. The SMILES string of the molecule is CC(C)(C)c1ccc(-n2nnnc2CN)cc1. The molecule has 5 heteroatoms. The smallest absolute Gasteiger partial charge is 0.170 e. The van der Waals surface area contributed by atoms with Gasteiger partial charge in [-0.3, -0.25) is 0 Å². The Morgan fingerprint density at radius 2 is 1.82 bits per heavy atom. The monoisotopic (exact) mass is 231 g/mol. The minimum atomic E-state index is 0.149. The summed E-state index contributed by atoms with van der Waals surface area (Å²) in [6.45, 7) is 6.88. The molecule has 2 aromatic rings. The predicted octanol–water partition coefficient (Wildman–Crippen LogP) is 1.42. The highest BCUT2D eigenvalue weighted by Crippen LogP contribution is 2.23. The zero-order valence-corrected chi connectivity index (χ0v) is 10.4. The molecule has 0 atom stereocenters. The first kappa shape index (κ1) is 11.7. The van der Waals surface area contributed by atoms with E-state index in [-0.39, 0.29) is 5.41 Å². The van der Waals surface area contributed by atoms with Crippen molar-refractivity contribution >= 4 is 0 Å². The number of nitrogens with two attached hydrogens (primary N) is 1. The van der Waals surface area contributed by atoms with Gasteiger partial charge in [0.25, 0.3) is 0 Å². The Labute approximate surface area is 101 Å². The molecule has 90 valence electrons. The van der Waals surface area contributed by atoms with Gasteiger partial charge in [-0.05, 0) is 33.5 Å². The van der Waals surface area contributed by atoms with E-state index in [9.17, 15) is 0 Å². The third kappa shape index (κ3) is 2.34. The number of rotatable bonds is 2. The Morgan fingerprint density at radius 3 is 2.35 bits per heavy atom. The van der Waals surface area contributed by atoms with Gasteiger partial charge in [-0.1, -0.05) is 32.9 Å². The quantitative estimate of drug-likeness (QED) is 0.848. The highest BCUT2D eigenvalue weighted by molar-refractivity contribution is 5.36. The fourth-order valence-corrected chi connectivity index (χ4v) is 1.64. The molecule has 2 N–H and O–H groups in total. The van der Waals surface area contributed by atoms with Gasteiger partial charge in [0.2, 0.25) is 0 Å². The second kappa shape index (κ2) is 4.25. The van der Waals surface area contributed by atoms with E-state index in [0.717, 1.165) is 5.69 Å². The van der Waals surface area contributed by atoms with Gasteiger partial charge < -0.3 is 5.73 Å². The molecule has 1 heterocycles. The summed E-state index contributed by atoms with van der Waals surface area (Å²) in [4.78, 5) is 0. The molecular weight excluding hydrogens is 214 g/mol. The molecule has 0 aliphatic heterocycles. The van der Waals surface area contributed by atoms with Crippen LogP contribution < -0.4 is 5.73 Å². The fourth-order valence-electron chi connectivity index (χ4n) is 1.64. The van der Waals surface area contributed by atoms with Crippen LogP contribution in [0.2, 0.25) is 0 Å². The van der Waals surface area contributed by atoms with E-state index in [4.69, 9.17) is 5.73 Å². The summed E-state index contributed by atoms with van der Waals surface area (Å²) in [6, 6.07) is 8.21. The summed E-state index contributed by atoms with van der Waals surface area (Å²) in [7, 11) is 0. The number of benzene rings is 1. The molecular formula is C12H17N5. The minimum absolute atomic E-state index is 0.149. The van der Waals surface area contributed by atoms with Gasteiger partial charge >= 0.3 is 0 Å². The molecule has 0 amide bonds. The van der Waals surface area contributed by atoms with Gasteiger partial charge in [-0.2, -0.15) is 4.68 Å². The molecule has 1 aromatic carbocycles. The number of nitrogens with zero attached hydrogens (tertiary/aromatic N) is 4. The van der Waals surface area contributed by atoms with Crippen molar-refractivity contribution in [1.82, 2.24) is 20.2 Å². The summed E-state index contributed by atoms with van der Waals surface area (Å²) in [5.74, 6) is 0.661. The number of aromatic nitrogens is 4. The van der Waals surface area contributed by atoms with Crippen molar-refractivity contribution in [3.8, 4) is 5.69 Å². The Kier molecular flexibility index (Phi) is 2.93. The van der Waals surface area contributed by atoms with Gasteiger partial charge in [0.15, 0.2) is 5.82 Å². The Bertz CT molecular complexity index is 492. The lowest BCUT2D eigenvalue weighted by Gasteiger charge is -2.19. The van der Waals surface area contributed by atoms with Crippen LogP contribution in [0.1, 0.15) is 32.2 Å². The van der Waals surface area contributed by atoms with E-state index in [1.165, 1.54) is 5.56 Å². The molecule has 0 unspecified atom stereocenters. The zero-order chi connectivity index (χ0) is 12.5. The standard InChI is InChI=1S/C12H17N5/c1-12(2,3)9-4-6-10(7-5-9)17-11(8-13)14-15-16-17/h4-7H,8,13H2,1-3H3. The maximum absolute atomic E-state index is 5.57. The summed E-state index contributed by atoms with van der Waals surface area (Å²) in [5.41, 5.74) is 7.93. The highest BCUT2D eigenvalue weighted by atomic mass is 15.5. The van der Waals surface area contributed by atoms with Crippen molar-refractivity contribution < 1.29 is 0 Å². The summed E-state index contributed by atoms with van der Waals surface area (Å²) < 4.78 is 1.66. The lowest BCUT2D eigenvalue weighted by atomic mass is 9.87. The van der Waals surface area contributed by atoms with Crippen LogP contribution in [-0.4, -0.2) is 20.2 Å². The largest absolute Gasteiger partial charge is 0.324 e. The number of tetrazole rings is 1. The van der Waals surface area contributed by atoms with Crippen molar-refractivity contribution in [2.24, 2.45) is 5.73 Å². The van der Waals surface area contributed by atoms with E-state index in [2.05, 4.69) is 48.4 Å². The Hall–Kier alpha value is -1.75. The molecule has 0 radical (unpaired) electrons. The van der Waals surface area contributed by atoms with Crippen LogP contribution in [-0.2, 0) is 12.0 Å². The topological polar surface area (TPSA) is 69.6 Å². The molecule has 0 saturated carbocycles. The third-order valence-electron chi connectivity index (χ3n) is 2.69. The molecule has 1 aromatic heterocycles. The maximum atomic E-state index is 5.57. The van der Waals surface area contributed by atoms with E-state index in [1.807, 2.05) is 12.1 Å². The fraction of sp³-hybridized carbons (Fsp3) is 0.417. The normalized spacial score (nSPS) is 11.8. The van der Waals surface area contributed by atoms with Crippen molar-refractivity contribution in [3.63, 3.8) is 0 Å². The van der Waals surface area contributed by atoms with E-state index < -0.39 is 0 Å². The second-order valence-corrected chi connectivity index (χ2v) is 5.01. The average Bonchev–Trinajstić information content (AvgIpc) is 2.76. The molecule has 2 rings (SSSR count). The van der Waals surface area contributed by atoms with Crippen LogP contribution in [0.5, 0.6) is 0 Å². The summed E-state index contributed by atoms with van der Waals surface area (Å²) >= 11 is 0.